The molecule has 1 aromatic carbocycles. The van der Waals surface area contributed by atoms with Crippen molar-refractivity contribution in [3.05, 3.63) is 41.5 Å². The Kier molecular flexibility index (Phi) is 7.19. The lowest BCUT2D eigenvalue weighted by atomic mass is 9.98. The van der Waals surface area contributed by atoms with Crippen molar-refractivity contribution in [1.29, 1.82) is 0 Å². The van der Waals surface area contributed by atoms with Gasteiger partial charge in [-0.25, -0.2) is 0 Å². The fourth-order valence-corrected chi connectivity index (χ4v) is 4.58. The average molecular weight is 427 g/mol. The lowest BCUT2D eigenvalue weighted by Gasteiger charge is -2.28. The van der Waals surface area contributed by atoms with Gasteiger partial charge in [0.05, 0.1) is 19.1 Å². The number of piperidine rings is 1. The highest BCUT2D eigenvalue weighted by Crippen LogP contribution is 2.21. The Bertz CT molecular complexity index is 883. The normalized spacial score (nSPS) is 20.1. The van der Waals surface area contributed by atoms with Crippen LogP contribution in [0.2, 0.25) is 0 Å². The van der Waals surface area contributed by atoms with Crippen LogP contribution in [0, 0.1) is 5.92 Å². The number of carbonyl (C=O) groups is 1. The molecule has 168 valence electrons. The monoisotopic (exact) mass is 426 g/mol. The van der Waals surface area contributed by atoms with E-state index in [0.29, 0.717) is 13.2 Å². The summed E-state index contributed by atoms with van der Waals surface area (Å²) in [6.07, 6.45) is 2.90. The summed E-state index contributed by atoms with van der Waals surface area (Å²) in [5, 5.41) is 11.9. The summed E-state index contributed by atoms with van der Waals surface area (Å²) in [6.45, 7) is 8.57. The van der Waals surface area contributed by atoms with Crippen LogP contribution in [0.3, 0.4) is 0 Å². The molecule has 2 aliphatic heterocycles. The van der Waals surface area contributed by atoms with Crippen molar-refractivity contribution in [2.45, 2.75) is 45.8 Å². The highest BCUT2D eigenvalue weighted by molar-refractivity contribution is 5.78. The van der Waals surface area contributed by atoms with Crippen LogP contribution in [0.5, 0.6) is 5.75 Å². The quantitative estimate of drug-likeness (QED) is 0.726. The molecule has 31 heavy (non-hydrogen) atoms. The molecule has 1 N–H and O–H groups in total. The SMILES string of the molecule is CCOc1ccccc1CN1CCc2nnc(CNC(=O)C3CCCN(C)C3)n2CC1. The third-order valence-corrected chi connectivity index (χ3v) is 6.28. The molecule has 0 aliphatic carbocycles. The second-order valence-corrected chi connectivity index (χ2v) is 8.57. The van der Waals surface area contributed by atoms with Crippen LogP contribution >= 0.6 is 0 Å². The van der Waals surface area contributed by atoms with Crippen molar-refractivity contribution in [2.24, 2.45) is 5.92 Å². The maximum Gasteiger partial charge on any atom is 0.224 e. The van der Waals surface area contributed by atoms with Crippen LogP contribution in [0.1, 0.15) is 37.0 Å². The second kappa shape index (κ2) is 10.2. The molecule has 1 atom stereocenters. The molecular formula is C23H34N6O2. The van der Waals surface area contributed by atoms with E-state index in [1.807, 2.05) is 19.1 Å². The molecule has 0 radical (unpaired) electrons. The molecule has 4 rings (SSSR count). The largest absolute Gasteiger partial charge is 0.494 e. The topological polar surface area (TPSA) is 75.5 Å². The van der Waals surface area contributed by atoms with Crippen molar-refractivity contribution in [3.8, 4) is 5.75 Å². The van der Waals surface area contributed by atoms with Crippen LogP contribution in [0.15, 0.2) is 24.3 Å². The standard InChI is InChI=1S/C23H34N6O2/c1-3-31-20-9-5-4-7-18(20)17-28-12-10-21-25-26-22(29(21)14-13-28)15-24-23(30)19-8-6-11-27(2)16-19/h4-5,7,9,19H,3,6,8,10-17H2,1-2H3,(H,24,30). The molecule has 8 heteroatoms. The molecule has 1 saturated heterocycles. The minimum Gasteiger partial charge on any atom is -0.494 e. The summed E-state index contributed by atoms with van der Waals surface area (Å²) in [7, 11) is 2.08. The van der Waals surface area contributed by atoms with Gasteiger partial charge in [-0.1, -0.05) is 18.2 Å². The van der Waals surface area contributed by atoms with Crippen LogP contribution in [0.4, 0.5) is 0 Å². The van der Waals surface area contributed by atoms with Gasteiger partial charge in [0.2, 0.25) is 5.91 Å². The van der Waals surface area contributed by atoms with E-state index in [2.05, 4.69) is 49.1 Å². The summed E-state index contributed by atoms with van der Waals surface area (Å²) >= 11 is 0. The first-order valence-electron chi connectivity index (χ1n) is 11.4. The summed E-state index contributed by atoms with van der Waals surface area (Å²) < 4.78 is 7.97. The van der Waals surface area contributed by atoms with Gasteiger partial charge < -0.3 is 19.5 Å². The average Bonchev–Trinajstić information content (AvgIpc) is 3.05. The first-order valence-corrected chi connectivity index (χ1v) is 11.4. The Morgan fingerprint density at radius 2 is 2.06 bits per heavy atom. The molecule has 2 aromatic rings. The van der Waals surface area contributed by atoms with Crippen LogP contribution in [0.25, 0.3) is 0 Å². The Hall–Kier alpha value is -2.45. The van der Waals surface area contributed by atoms with Gasteiger partial charge in [-0.05, 0) is 39.4 Å². The zero-order valence-corrected chi connectivity index (χ0v) is 18.7. The molecule has 3 heterocycles. The zero-order chi connectivity index (χ0) is 21.6. The molecule has 0 saturated carbocycles. The highest BCUT2D eigenvalue weighted by Gasteiger charge is 2.25. The van der Waals surface area contributed by atoms with E-state index < -0.39 is 0 Å². The first-order chi connectivity index (χ1) is 15.1. The minimum absolute atomic E-state index is 0.0752. The fourth-order valence-electron chi connectivity index (χ4n) is 4.58. The molecule has 2 aliphatic rings. The van der Waals surface area contributed by atoms with Gasteiger partial charge in [0, 0.05) is 44.7 Å². The number of benzene rings is 1. The van der Waals surface area contributed by atoms with Crippen molar-refractivity contribution >= 4 is 5.91 Å². The van der Waals surface area contributed by atoms with E-state index in [1.54, 1.807) is 0 Å². The Morgan fingerprint density at radius 1 is 1.19 bits per heavy atom. The summed E-state index contributed by atoms with van der Waals surface area (Å²) in [5.74, 6) is 3.02. The molecular weight excluding hydrogens is 392 g/mol. The number of amides is 1. The number of carbonyl (C=O) groups excluding carboxylic acids is 1. The third kappa shape index (κ3) is 5.43. The lowest BCUT2D eigenvalue weighted by Crippen LogP contribution is -2.41. The molecule has 1 amide bonds. The van der Waals surface area contributed by atoms with Crippen LogP contribution in [-0.2, 0) is 30.8 Å². The van der Waals surface area contributed by atoms with Crippen molar-refractivity contribution < 1.29 is 9.53 Å². The van der Waals surface area contributed by atoms with Gasteiger partial charge >= 0.3 is 0 Å². The minimum atomic E-state index is 0.0752. The number of likely N-dealkylation sites (tertiary alicyclic amines) is 1. The van der Waals surface area contributed by atoms with Crippen LogP contribution < -0.4 is 10.1 Å². The van der Waals surface area contributed by atoms with E-state index in [9.17, 15) is 4.79 Å². The first kappa shape index (κ1) is 21.8. The number of nitrogens with zero attached hydrogens (tertiary/aromatic N) is 5. The van der Waals surface area contributed by atoms with Gasteiger partial charge in [-0.3, -0.25) is 9.69 Å². The maximum atomic E-state index is 12.6. The number of fused-ring (bicyclic) bond motifs is 1. The fraction of sp³-hybridized carbons (Fsp3) is 0.609. The molecule has 1 aromatic heterocycles. The van der Waals surface area contributed by atoms with Gasteiger partial charge in [-0.2, -0.15) is 0 Å². The Morgan fingerprint density at radius 3 is 2.90 bits per heavy atom. The summed E-state index contributed by atoms with van der Waals surface area (Å²) in [4.78, 5) is 17.3. The van der Waals surface area contributed by atoms with Gasteiger partial charge in [0.25, 0.3) is 0 Å². The van der Waals surface area contributed by atoms with E-state index in [1.165, 1.54) is 5.56 Å². The molecule has 8 nitrogen and oxygen atoms in total. The third-order valence-electron chi connectivity index (χ3n) is 6.28. The summed E-state index contributed by atoms with van der Waals surface area (Å²) in [6, 6.07) is 8.26. The van der Waals surface area contributed by atoms with E-state index in [4.69, 9.17) is 4.74 Å². The van der Waals surface area contributed by atoms with Gasteiger partial charge in [0.15, 0.2) is 5.82 Å². The smallest absolute Gasteiger partial charge is 0.224 e. The number of rotatable bonds is 7. The van der Waals surface area contributed by atoms with Crippen molar-refractivity contribution in [2.75, 3.05) is 39.8 Å². The highest BCUT2D eigenvalue weighted by atomic mass is 16.5. The molecule has 1 fully saturated rings. The van der Waals surface area contributed by atoms with E-state index in [-0.39, 0.29) is 11.8 Å². The molecule has 1 unspecified atom stereocenters. The van der Waals surface area contributed by atoms with E-state index >= 15 is 0 Å². The predicted molar refractivity (Wildman–Crippen MR) is 119 cm³/mol. The molecule has 0 bridgehead atoms. The van der Waals surface area contributed by atoms with Crippen molar-refractivity contribution in [3.63, 3.8) is 0 Å². The zero-order valence-electron chi connectivity index (χ0n) is 18.7. The summed E-state index contributed by atoms with van der Waals surface area (Å²) in [5.41, 5.74) is 1.21. The van der Waals surface area contributed by atoms with Gasteiger partial charge in [-0.15, -0.1) is 10.2 Å². The lowest BCUT2D eigenvalue weighted by molar-refractivity contribution is -0.126. The second-order valence-electron chi connectivity index (χ2n) is 8.57. The molecule has 0 spiro atoms. The maximum absolute atomic E-state index is 12.6. The van der Waals surface area contributed by atoms with Crippen LogP contribution in [-0.4, -0.2) is 70.3 Å². The number of hydrogen-bond donors (Lipinski definition) is 1. The number of ether oxygens (including phenoxy) is 1. The number of para-hydroxylation sites is 1. The van der Waals surface area contributed by atoms with E-state index in [0.717, 1.165) is 75.9 Å². The predicted octanol–water partition coefficient (Wildman–Crippen LogP) is 1.69. The number of aromatic nitrogens is 3. The Balaban J connectivity index is 1.34. The number of nitrogens with one attached hydrogen (secondary N) is 1. The van der Waals surface area contributed by atoms with Gasteiger partial charge in [0.1, 0.15) is 11.6 Å². The Labute approximate surface area is 184 Å². The number of hydrogen-bond acceptors (Lipinski definition) is 6. The van der Waals surface area contributed by atoms with Crippen molar-refractivity contribution in [1.82, 2.24) is 29.9 Å².